The second kappa shape index (κ2) is 4.86. The fraction of sp³-hybridized carbons (Fsp3) is 0.800. The molecule has 1 heterocycles. The molecule has 2 aliphatic rings. The first-order chi connectivity index (χ1) is 9.32. The molecule has 1 saturated carbocycles. The van der Waals surface area contributed by atoms with E-state index in [1.165, 1.54) is 4.90 Å². The van der Waals surface area contributed by atoms with Crippen molar-refractivity contribution in [3.8, 4) is 0 Å². The molecule has 0 aromatic carbocycles. The van der Waals surface area contributed by atoms with E-state index >= 15 is 0 Å². The molecule has 20 heavy (non-hydrogen) atoms. The van der Waals surface area contributed by atoms with Crippen molar-refractivity contribution >= 4 is 17.8 Å². The second-order valence-corrected chi connectivity index (χ2v) is 6.36. The highest BCUT2D eigenvalue weighted by atomic mass is 16.4. The lowest BCUT2D eigenvalue weighted by Gasteiger charge is -2.34. The number of rotatable bonds is 4. The first-order valence-corrected chi connectivity index (χ1v) is 7.42. The lowest BCUT2D eigenvalue weighted by atomic mass is 9.80. The van der Waals surface area contributed by atoms with Crippen LogP contribution in [0.2, 0.25) is 0 Å². The van der Waals surface area contributed by atoms with Crippen molar-refractivity contribution in [3.63, 3.8) is 0 Å². The zero-order valence-corrected chi connectivity index (χ0v) is 12.4. The summed E-state index contributed by atoms with van der Waals surface area (Å²) in [7, 11) is 0. The second-order valence-electron chi connectivity index (χ2n) is 6.36. The minimum absolute atomic E-state index is 0.160. The van der Waals surface area contributed by atoms with Crippen LogP contribution in [-0.4, -0.2) is 33.8 Å². The Morgan fingerprint density at radius 2 is 1.95 bits per heavy atom. The Morgan fingerprint density at radius 3 is 2.40 bits per heavy atom. The number of carbonyl (C=O) groups excluding carboxylic acids is 2. The van der Waals surface area contributed by atoms with Crippen LogP contribution < -0.4 is 0 Å². The molecule has 112 valence electrons. The maximum Gasteiger partial charge on any atom is 0.311 e. The molecule has 2 fully saturated rings. The molecule has 5 nitrogen and oxygen atoms in total. The van der Waals surface area contributed by atoms with E-state index in [4.69, 9.17) is 0 Å². The van der Waals surface area contributed by atoms with Gasteiger partial charge in [0.05, 0.1) is 16.9 Å². The van der Waals surface area contributed by atoms with Crippen LogP contribution in [0.1, 0.15) is 59.3 Å². The predicted octanol–water partition coefficient (Wildman–Crippen LogP) is 2.20. The van der Waals surface area contributed by atoms with Gasteiger partial charge < -0.3 is 5.11 Å². The molecular weight excluding hydrogens is 258 g/mol. The first-order valence-electron chi connectivity index (χ1n) is 7.42. The van der Waals surface area contributed by atoms with Gasteiger partial charge in [0.15, 0.2) is 0 Å². The molecule has 1 N–H and O–H groups in total. The summed E-state index contributed by atoms with van der Waals surface area (Å²) >= 11 is 0. The Morgan fingerprint density at radius 1 is 1.35 bits per heavy atom. The van der Waals surface area contributed by atoms with Crippen LogP contribution in [-0.2, 0) is 14.4 Å². The van der Waals surface area contributed by atoms with Gasteiger partial charge in [-0.25, -0.2) is 0 Å². The van der Waals surface area contributed by atoms with Gasteiger partial charge in [0.1, 0.15) is 0 Å². The van der Waals surface area contributed by atoms with Crippen molar-refractivity contribution in [2.75, 3.05) is 0 Å². The van der Waals surface area contributed by atoms with Crippen LogP contribution in [0.3, 0.4) is 0 Å². The van der Waals surface area contributed by atoms with Gasteiger partial charge in [-0.3, -0.25) is 19.3 Å². The number of carbonyl (C=O) groups is 3. The quantitative estimate of drug-likeness (QED) is 0.802. The van der Waals surface area contributed by atoms with Gasteiger partial charge in [-0.1, -0.05) is 20.3 Å². The number of carboxylic acids is 1. The normalized spacial score (nSPS) is 33.0. The molecule has 0 aromatic rings. The van der Waals surface area contributed by atoms with E-state index in [-0.39, 0.29) is 18.2 Å². The highest BCUT2D eigenvalue weighted by Gasteiger charge is 2.57. The summed E-state index contributed by atoms with van der Waals surface area (Å²) in [6.45, 7) is 5.50. The van der Waals surface area contributed by atoms with Gasteiger partial charge in [-0.2, -0.15) is 0 Å². The van der Waals surface area contributed by atoms with Crippen LogP contribution in [0.4, 0.5) is 0 Å². The van der Waals surface area contributed by atoms with Gasteiger partial charge in [0.2, 0.25) is 11.8 Å². The molecule has 1 aliphatic heterocycles. The average Bonchev–Trinajstić information content (AvgIpc) is 2.90. The predicted molar refractivity (Wildman–Crippen MR) is 72.9 cm³/mol. The highest BCUT2D eigenvalue weighted by molar-refractivity contribution is 6.06. The summed E-state index contributed by atoms with van der Waals surface area (Å²) in [6, 6.07) is -0.486. The molecule has 5 heteroatoms. The standard InChI is InChI=1S/C15H23NO4/c1-4-15(5-2)9-11(17)16(12(15)18)10-7-6-8-14(10,3)13(19)20/h10H,4-9H2,1-3H3,(H,19,20). The fourth-order valence-corrected chi connectivity index (χ4v) is 3.75. The molecule has 2 rings (SSSR count). The van der Waals surface area contributed by atoms with E-state index < -0.39 is 22.8 Å². The fourth-order valence-electron chi connectivity index (χ4n) is 3.75. The summed E-state index contributed by atoms with van der Waals surface area (Å²) < 4.78 is 0. The molecule has 1 saturated heterocycles. The summed E-state index contributed by atoms with van der Waals surface area (Å²) in [5.41, 5.74) is -1.61. The van der Waals surface area contributed by atoms with Gasteiger partial charge in [-0.15, -0.1) is 0 Å². The van der Waals surface area contributed by atoms with E-state index in [1.54, 1.807) is 6.92 Å². The monoisotopic (exact) mass is 281 g/mol. The molecule has 0 aromatic heterocycles. The lowest BCUT2D eigenvalue weighted by Crippen LogP contribution is -2.51. The van der Waals surface area contributed by atoms with Crippen LogP contribution in [0, 0.1) is 10.8 Å². The number of amides is 2. The summed E-state index contributed by atoms with van der Waals surface area (Å²) in [5, 5.41) is 9.47. The van der Waals surface area contributed by atoms with Crippen LogP contribution in [0.25, 0.3) is 0 Å². The van der Waals surface area contributed by atoms with E-state index in [2.05, 4.69) is 0 Å². The number of hydrogen-bond donors (Lipinski definition) is 1. The molecule has 2 unspecified atom stereocenters. The minimum atomic E-state index is -0.997. The van der Waals surface area contributed by atoms with Gasteiger partial charge in [0.25, 0.3) is 0 Å². The Kier molecular flexibility index (Phi) is 3.65. The Balaban J connectivity index is 2.36. The SMILES string of the molecule is CCC1(CC)CC(=O)N(C2CCCC2(C)C(=O)O)C1=O. The van der Waals surface area contributed by atoms with Crippen molar-refractivity contribution in [3.05, 3.63) is 0 Å². The van der Waals surface area contributed by atoms with Gasteiger partial charge in [-0.05, 0) is 32.6 Å². The molecule has 0 bridgehead atoms. The zero-order valence-electron chi connectivity index (χ0n) is 12.4. The highest BCUT2D eigenvalue weighted by Crippen LogP contribution is 2.47. The summed E-state index contributed by atoms with van der Waals surface area (Å²) in [4.78, 5) is 37.9. The van der Waals surface area contributed by atoms with Crippen molar-refractivity contribution in [1.29, 1.82) is 0 Å². The van der Waals surface area contributed by atoms with Crippen LogP contribution >= 0.6 is 0 Å². The number of hydrogen-bond acceptors (Lipinski definition) is 3. The maximum absolute atomic E-state index is 12.7. The molecule has 0 radical (unpaired) electrons. The third kappa shape index (κ3) is 1.86. The van der Waals surface area contributed by atoms with Crippen molar-refractivity contribution in [2.24, 2.45) is 10.8 Å². The summed E-state index contributed by atoms with van der Waals surface area (Å²) in [6.07, 6.45) is 3.35. The number of imide groups is 1. The number of nitrogens with zero attached hydrogens (tertiary/aromatic N) is 1. The third-order valence-corrected chi connectivity index (χ3v) is 5.49. The Bertz CT molecular complexity index is 455. The number of likely N-dealkylation sites (tertiary alicyclic amines) is 1. The Hall–Kier alpha value is -1.39. The van der Waals surface area contributed by atoms with Gasteiger partial charge >= 0.3 is 5.97 Å². The number of aliphatic carboxylic acids is 1. The molecule has 2 atom stereocenters. The van der Waals surface area contributed by atoms with Crippen molar-refractivity contribution in [1.82, 2.24) is 4.90 Å². The van der Waals surface area contributed by atoms with E-state index in [9.17, 15) is 19.5 Å². The number of carboxylic acid groups (broad SMARTS) is 1. The van der Waals surface area contributed by atoms with E-state index in [0.29, 0.717) is 25.7 Å². The van der Waals surface area contributed by atoms with Crippen molar-refractivity contribution < 1.29 is 19.5 Å². The van der Waals surface area contributed by atoms with Gasteiger partial charge in [0, 0.05) is 6.42 Å². The van der Waals surface area contributed by atoms with Crippen molar-refractivity contribution in [2.45, 2.75) is 65.3 Å². The molecule has 1 aliphatic carbocycles. The third-order valence-electron chi connectivity index (χ3n) is 5.49. The molecular formula is C15H23NO4. The first kappa shape index (κ1) is 15.0. The smallest absolute Gasteiger partial charge is 0.311 e. The molecule has 2 amide bonds. The minimum Gasteiger partial charge on any atom is -0.481 e. The van der Waals surface area contributed by atoms with Crippen LogP contribution in [0.5, 0.6) is 0 Å². The van der Waals surface area contributed by atoms with Crippen LogP contribution in [0.15, 0.2) is 0 Å². The summed E-state index contributed by atoms with van der Waals surface area (Å²) in [5.74, 6) is -1.27. The molecule has 0 spiro atoms. The van der Waals surface area contributed by atoms with E-state index in [0.717, 1.165) is 6.42 Å². The topological polar surface area (TPSA) is 74.7 Å². The average molecular weight is 281 g/mol. The maximum atomic E-state index is 12.7. The Labute approximate surface area is 119 Å². The lowest BCUT2D eigenvalue weighted by molar-refractivity contribution is -0.156. The van der Waals surface area contributed by atoms with E-state index in [1.807, 2.05) is 13.8 Å². The largest absolute Gasteiger partial charge is 0.481 e. The zero-order chi connectivity index (χ0) is 15.1.